The first kappa shape index (κ1) is 33.0. The number of hydrogen-bond donors (Lipinski definition) is 0. The average Bonchev–Trinajstić information content (AvgIpc) is 3.93. The van der Waals surface area contributed by atoms with Crippen LogP contribution in [0.4, 0.5) is 0 Å². The van der Waals surface area contributed by atoms with Crippen LogP contribution in [0.15, 0.2) is 206 Å². The lowest BCUT2D eigenvalue weighted by Gasteiger charge is -2.32. The van der Waals surface area contributed by atoms with Crippen molar-refractivity contribution < 1.29 is 0 Å². The molecule has 0 saturated heterocycles. The lowest BCUT2D eigenvalue weighted by atomic mass is 9.68. The number of thiophene rings is 1. The third-order valence-corrected chi connectivity index (χ3v) is 13.3. The average molecular weight is 755 g/mol. The first-order valence-electron chi connectivity index (χ1n) is 19.8. The van der Waals surface area contributed by atoms with Crippen LogP contribution in [-0.4, -0.2) is 9.97 Å². The monoisotopic (exact) mass is 754 g/mol. The van der Waals surface area contributed by atoms with Crippen molar-refractivity contribution in [3.05, 3.63) is 229 Å². The van der Waals surface area contributed by atoms with Gasteiger partial charge in [0.05, 0.1) is 16.8 Å². The summed E-state index contributed by atoms with van der Waals surface area (Å²) >= 11 is 1.92. The Morgan fingerprint density at radius 2 is 0.879 bits per heavy atom. The van der Waals surface area contributed by atoms with Crippen molar-refractivity contribution in [2.45, 2.75) is 5.41 Å². The van der Waals surface area contributed by atoms with Gasteiger partial charge in [0.25, 0.3) is 0 Å². The van der Waals surface area contributed by atoms with Crippen LogP contribution in [0.25, 0.3) is 87.8 Å². The first-order chi connectivity index (χ1) is 28.8. The van der Waals surface area contributed by atoms with Gasteiger partial charge in [0.1, 0.15) is 0 Å². The summed E-state index contributed by atoms with van der Waals surface area (Å²) in [5.41, 5.74) is 18.6. The van der Waals surface area contributed by atoms with Gasteiger partial charge >= 0.3 is 0 Å². The van der Waals surface area contributed by atoms with E-state index in [4.69, 9.17) is 9.97 Å². The Bertz CT molecular complexity index is 3220. The number of benzene rings is 8. The van der Waals surface area contributed by atoms with E-state index in [1.807, 2.05) is 23.5 Å². The second-order valence-electron chi connectivity index (χ2n) is 15.2. The fourth-order valence-electron chi connectivity index (χ4n) is 9.66. The molecule has 1 spiro atoms. The number of nitrogens with zero attached hydrogens (tertiary/aromatic N) is 2. The molecule has 0 amide bonds. The highest BCUT2D eigenvalue weighted by Gasteiger charge is 2.54. The Kier molecular flexibility index (Phi) is 7.35. The lowest BCUT2D eigenvalue weighted by Crippen LogP contribution is -2.26. The molecule has 8 aromatic carbocycles. The summed E-state index contributed by atoms with van der Waals surface area (Å²) in [6.07, 6.45) is 0. The van der Waals surface area contributed by atoms with Crippen molar-refractivity contribution >= 4 is 21.4 Å². The summed E-state index contributed by atoms with van der Waals surface area (Å²) in [6, 6.07) is 74.7. The van der Waals surface area contributed by atoms with Gasteiger partial charge in [-0.05, 0) is 84.8 Å². The normalized spacial score (nSPS) is 14.6. The SMILES string of the molecule is c1ccc(-c2ccc(-c3nc(-c4ccccc4)cc(-c4cccc(-c5cccc6c5C5(c7ccccc7-6)c6ccccc6-c6sc7ccccc7c65)c4)n3)cc2)cc1. The van der Waals surface area contributed by atoms with Crippen LogP contribution >= 0.6 is 11.3 Å². The lowest BCUT2D eigenvalue weighted by molar-refractivity contribution is 0.804. The Hall–Kier alpha value is -7.20. The van der Waals surface area contributed by atoms with Crippen molar-refractivity contribution in [3.63, 3.8) is 0 Å². The Labute approximate surface area is 341 Å². The maximum atomic E-state index is 5.29. The van der Waals surface area contributed by atoms with Crippen LogP contribution in [0.3, 0.4) is 0 Å². The topological polar surface area (TPSA) is 25.8 Å². The molecule has 2 aromatic heterocycles. The molecular weight excluding hydrogens is 721 g/mol. The molecule has 1 atom stereocenters. The van der Waals surface area contributed by atoms with Gasteiger partial charge in [-0.1, -0.05) is 188 Å². The molecular formula is C55H34N2S. The zero-order chi connectivity index (χ0) is 38.2. The number of fused-ring (bicyclic) bond motifs is 12. The molecule has 0 aliphatic heterocycles. The van der Waals surface area contributed by atoms with E-state index in [1.54, 1.807) is 0 Å². The van der Waals surface area contributed by atoms with Crippen molar-refractivity contribution in [2.75, 3.05) is 0 Å². The van der Waals surface area contributed by atoms with Gasteiger partial charge in [0, 0.05) is 26.3 Å². The molecule has 0 N–H and O–H groups in total. The van der Waals surface area contributed by atoms with E-state index in [0.717, 1.165) is 28.1 Å². The Morgan fingerprint density at radius 1 is 0.345 bits per heavy atom. The van der Waals surface area contributed by atoms with Gasteiger partial charge in [-0.2, -0.15) is 0 Å². The minimum Gasteiger partial charge on any atom is -0.228 e. The number of hydrogen-bond acceptors (Lipinski definition) is 3. The van der Waals surface area contributed by atoms with Crippen molar-refractivity contribution in [2.24, 2.45) is 0 Å². The molecule has 3 heteroatoms. The van der Waals surface area contributed by atoms with Crippen molar-refractivity contribution in [1.29, 1.82) is 0 Å². The molecule has 1 unspecified atom stereocenters. The van der Waals surface area contributed by atoms with Crippen molar-refractivity contribution in [3.8, 4) is 77.7 Å². The maximum Gasteiger partial charge on any atom is 0.160 e. The van der Waals surface area contributed by atoms with Gasteiger partial charge in [-0.3, -0.25) is 0 Å². The number of rotatable bonds is 5. The molecule has 270 valence electrons. The molecule has 0 radical (unpaired) electrons. The third-order valence-electron chi connectivity index (χ3n) is 12.1. The van der Waals surface area contributed by atoms with Crippen molar-refractivity contribution in [1.82, 2.24) is 9.97 Å². The van der Waals surface area contributed by atoms with Crippen LogP contribution in [0.5, 0.6) is 0 Å². The molecule has 2 aliphatic carbocycles. The van der Waals surface area contributed by atoms with Gasteiger partial charge in [0.15, 0.2) is 5.82 Å². The predicted molar refractivity (Wildman–Crippen MR) is 241 cm³/mol. The zero-order valence-electron chi connectivity index (χ0n) is 31.4. The highest BCUT2D eigenvalue weighted by atomic mass is 32.1. The van der Waals surface area contributed by atoms with Crippen LogP contribution in [-0.2, 0) is 5.41 Å². The highest BCUT2D eigenvalue weighted by molar-refractivity contribution is 7.22. The largest absolute Gasteiger partial charge is 0.228 e. The van der Waals surface area contributed by atoms with Crippen LogP contribution in [0, 0.1) is 0 Å². The number of aromatic nitrogens is 2. The van der Waals surface area contributed by atoms with Crippen LogP contribution in [0.1, 0.15) is 22.3 Å². The molecule has 58 heavy (non-hydrogen) atoms. The smallest absolute Gasteiger partial charge is 0.160 e. The quantitative estimate of drug-likeness (QED) is 0.175. The highest BCUT2D eigenvalue weighted by Crippen LogP contribution is 2.67. The molecule has 10 aromatic rings. The summed E-state index contributed by atoms with van der Waals surface area (Å²) in [7, 11) is 0. The maximum absolute atomic E-state index is 5.29. The summed E-state index contributed by atoms with van der Waals surface area (Å²) in [5.74, 6) is 0.704. The van der Waals surface area contributed by atoms with E-state index in [-0.39, 0.29) is 0 Å². The van der Waals surface area contributed by atoms with Crippen LogP contribution < -0.4 is 0 Å². The molecule has 0 bridgehead atoms. The van der Waals surface area contributed by atoms with Gasteiger partial charge in [-0.25, -0.2) is 9.97 Å². The van der Waals surface area contributed by atoms with E-state index in [9.17, 15) is 0 Å². The minimum atomic E-state index is -0.460. The summed E-state index contributed by atoms with van der Waals surface area (Å²) in [5, 5.41) is 1.34. The fourth-order valence-corrected chi connectivity index (χ4v) is 11.0. The summed E-state index contributed by atoms with van der Waals surface area (Å²) in [6.45, 7) is 0. The molecule has 0 saturated carbocycles. The standard InChI is InChI=1S/C55H34N2S/c1-3-15-35(16-4-1)36-29-31-38(32-30-36)54-56-48(37-17-5-2-6-18-37)34-49(57-54)40-20-13-19-39(33-40)41-24-14-25-43-42-21-7-10-26-46(42)55(51(41)43)47-27-11-8-22-44(47)53-52(55)45-23-9-12-28-50(45)58-53/h1-34H. The minimum absolute atomic E-state index is 0.460. The Balaban J connectivity index is 1.06. The summed E-state index contributed by atoms with van der Waals surface area (Å²) in [4.78, 5) is 11.8. The molecule has 0 fully saturated rings. The zero-order valence-corrected chi connectivity index (χ0v) is 32.2. The molecule has 2 heterocycles. The van der Waals surface area contributed by atoms with E-state index in [1.165, 1.54) is 76.2 Å². The second kappa shape index (κ2) is 12.9. The molecule has 2 aliphatic rings. The van der Waals surface area contributed by atoms with E-state index < -0.39 is 5.41 Å². The second-order valence-corrected chi connectivity index (χ2v) is 16.3. The van der Waals surface area contributed by atoms with Gasteiger partial charge in [-0.15, -0.1) is 11.3 Å². The van der Waals surface area contributed by atoms with E-state index in [0.29, 0.717) is 5.82 Å². The molecule has 12 rings (SSSR count). The van der Waals surface area contributed by atoms with Gasteiger partial charge in [0.2, 0.25) is 0 Å². The fraction of sp³-hybridized carbons (Fsp3) is 0.0182. The van der Waals surface area contributed by atoms with E-state index >= 15 is 0 Å². The van der Waals surface area contributed by atoms with Gasteiger partial charge < -0.3 is 0 Å². The van der Waals surface area contributed by atoms with Crippen LogP contribution in [0.2, 0.25) is 0 Å². The predicted octanol–water partition coefficient (Wildman–Crippen LogP) is 14.4. The van der Waals surface area contributed by atoms with E-state index in [2.05, 4.69) is 194 Å². The first-order valence-corrected chi connectivity index (χ1v) is 20.6. The Morgan fingerprint density at radius 3 is 1.67 bits per heavy atom. The molecule has 2 nitrogen and oxygen atoms in total. The third kappa shape index (κ3) is 4.84. The summed E-state index contributed by atoms with van der Waals surface area (Å²) < 4.78 is 1.33.